The van der Waals surface area contributed by atoms with E-state index in [0.29, 0.717) is 16.9 Å². The topological polar surface area (TPSA) is 90.3 Å². The van der Waals surface area contributed by atoms with Crippen LogP contribution in [0.5, 0.6) is 0 Å². The van der Waals surface area contributed by atoms with E-state index in [0.717, 1.165) is 17.0 Å². The van der Waals surface area contributed by atoms with Gasteiger partial charge >= 0.3 is 0 Å². The van der Waals surface area contributed by atoms with Gasteiger partial charge in [0.25, 0.3) is 0 Å². The van der Waals surface area contributed by atoms with Crippen LogP contribution in [0.4, 0.5) is 11.4 Å². The van der Waals surface area contributed by atoms with E-state index in [9.17, 15) is 13.2 Å². The molecule has 26 heavy (non-hydrogen) atoms. The van der Waals surface area contributed by atoms with Gasteiger partial charge in [-0.25, -0.2) is 8.42 Å². The van der Waals surface area contributed by atoms with Crippen molar-refractivity contribution in [3.05, 3.63) is 59.7 Å². The number of amides is 1. The van der Waals surface area contributed by atoms with E-state index in [1.54, 1.807) is 24.3 Å². The zero-order valence-electron chi connectivity index (χ0n) is 14.8. The second-order valence-corrected chi connectivity index (χ2v) is 7.75. The van der Waals surface area contributed by atoms with Gasteiger partial charge in [-0.3, -0.25) is 9.10 Å². The van der Waals surface area contributed by atoms with Gasteiger partial charge in [0, 0.05) is 18.7 Å². The minimum atomic E-state index is -3.54. The molecule has 136 valence electrons. The molecule has 7 heteroatoms. The molecule has 0 aliphatic heterocycles. The molecule has 2 aromatic rings. The number of nitrogens with zero attached hydrogens (tertiary/aromatic N) is 2. The van der Waals surface area contributed by atoms with Crippen LogP contribution in [0, 0.1) is 11.3 Å². The van der Waals surface area contributed by atoms with Crippen LogP contribution in [0.3, 0.4) is 0 Å². The van der Waals surface area contributed by atoms with Crippen LogP contribution in [-0.4, -0.2) is 27.1 Å². The van der Waals surface area contributed by atoms with Crippen molar-refractivity contribution < 1.29 is 13.2 Å². The Labute approximate surface area is 154 Å². The number of benzene rings is 2. The van der Waals surface area contributed by atoms with Crippen molar-refractivity contribution in [3.8, 4) is 6.07 Å². The molecule has 0 atom stereocenters. The second-order valence-electron chi connectivity index (χ2n) is 5.84. The maximum atomic E-state index is 12.2. The van der Waals surface area contributed by atoms with E-state index in [-0.39, 0.29) is 18.9 Å². The highest BCUT2D eigenvalue weighted by Gasteiger charge is 2.18. The molecular weight excluding hydrogens is 350 g/mol. The molecule has 2 aromatic carbocycles. The monoisotopic (exact) mass is 371 g/mol. The molecule has 0 unspecified atom stereocenters. The summed E-state index contributed by atoms with van der Waals surface area (Å²) in [5.41, 5.74) is 2.71. The minimum Gasteiger partial charge on any atom is -0.326 e. The number of nitrogens with one attached hydrogen (secondary N) is 1. The largest absolute Gasteiger partial charge is 0.326 e. The highest BCUT2D eigenvalue weighted by molar-refractivity contribution is 7.92. The summed E-state index contributed by atoms with van der Waals surface area (Å²) in [6.45, 7) is 2.07. The van der Waals surface area contributed by atoms with Gasteiger partial charge in [0.1, 0.15) is 0 Å². The lowest BCUT2D eigenvalue weighted by atomic mass is 10.1. The first kappa shape index (κ1) is 19.5. The molecule has 6 nitrogen and oxygen atoms in total. The number of hydrogen-bond acceptors (Lipinski definition) is 4. The van der Waals surface area contributed by atoms with Crippen LogP contribution in [0.1, 0.15) is 24.5 Å². The molecule has 0 heterocycles. The minimum absolute atomic E-state index is 0.0165. The van der Waals surface area contributed by atoms with Crippen LogP contribution in [-0.2, 0) is 21.2 Å². The Morgan fingerprint density at radius 2 is 1.73 bits per heavy atom. The maximum Gasteiger partial charge on any atom is 0.232 e. The molecule has 2 rings (SSSR count). The number of aryl methyl sites for hydroxylation is 1. The normalized spacial score (nSPS) is 10.8. The van der Waals surface area contributed by atoms with Gasteiger partial charge in [0.15, 0.2) is 0 Å². The summed E-state index contributed by atoms with van der Waals surface area (Å²) in [4.78, 5) is 12.2. The fourth-order valence-corrected chi connectivity index (χ4v) is 3.37. The van der Waals surface area contributed by atoms with Gasteiger partial charge < -0.3 is 5.32 Å². The smallest absolute Gasteiger partial charge is 0.232 e. The third kappa shape index (κ3) is 5.33. The molecule has 0 bridgehead atoms. The SMILES string of the molecule is CCc1ccc(NC(=O)CCN(c2ccc(C#N)cc2)S(C)(=O)=O)cc1. The van der Waals surface area contributed by atoms with Crippen LogP contribution >= 0.6 is 0 Å². The van der Waals surface area contributed by atoms with Gasteiger partial charge in [0.05, 0.1) is 23.6 Å². The van der Waals surface area contributed by atoms with E-state index in [2.05, 4.69) is 12.2 Å². The van der Waals surface area contributed by atoms with Crippen LogP contribution in [0.2, 0.25) is 0 Å². The molecular formula is C19H21N3O3S. The van der Waals surface area contributed by atoms with Crippen molar-refractivity contribution in [1.82, 2.24) is 0 Å². The summed E-state index contributed by atoms with van der Waals surface area (Å²) in [7, 11) is -3.54. The molecule has 0 saturated carbocycles. The summed E-state index contributed by atoms with van der Waals surface area (Å²) in [5, 5.41) is 11.6. The first-order chi connectivity index (χ1) is 12.3. The van der Waals surface area contributed by atoms with Gasteiger partial charge in [-0.1, -0.05) is 19.1 Å². The number of carbonyl (C=O) groups is 1. The first-order valence-corrected chi connectivity index (χ1v) is 10.0. The quantitative estimate of drug-likeness (QED) is 0.810. The Hall–Kier alpha value is -2.85. The van der Waals surface area contributed by atoms with Gasteiger partial charge in [-0.2, -0.15) is 5.26 Å². The summed E-state index contributed by atoms with van der Waals surface area (Å²) in [5.74, 6) is -0.267. The van der Waals surface area contributed by atoms with Gasteiger partial charge in [-0.15, -0.1) is 0 Å². The van der Waals surface area contributed by atoms with Crippen molar-refractivity contribution in [1.29, 1.82) is 5.26 Å². The van der Waals surface area contributed by atoms with Crippen LogP contribution in [0.15, 0.2) is 48.5 Å². The predicted octanol–water partition coefficient (Wildman–Crippen LogP) is 2.92. The number of carbonyl (C=O) groups excluding carboxylic acids is 1. The summed E-state index contributed by atoms with van der Waals surface area (Å²) >= 11 is 0. The zero-order chi connectivity index (χ0) is 19.2. The molecule has 0 fully saturated rings. The Bertz CT molecular complexity index is 899. The number of sulfonamides is 1. The van der Waals surface area contributed by atoms with E-state index < -0.39 is 10.0 Å². The Balaban J connectivity index is 2.04. The molecule has 0 saturated heterocycles. The second kappa shape index (κ2) is 8.50. The van der Waals surface area contributed by atoms with Crippen molar-refractivity contribution in [2.75, 3.05) is 22.4 Å². The standard InChI is InChI=1S/C19H21N3O3S/c1-3-15-4-8-17(9-5-15)21-19(23)12-13-22(26(2,24)25)18-10-6-16(14-20)7-11-18/h4-11H,3,12-13H2,1-2H3,(H,21,23). The van der Waals surface area contributed by atoms with E-state index in [4.69, 9.17) is 5.26 Å². The lowest BCUT2D eigenvalue weighted by Crippen LogP contribution is -2.33. The molecule has 1 amide bonds. The first-order valence-electron chi connectivity index (χ1n) is 8.20. The van der Waals surface area contributed by atoms with Crippen molar-refractivity contribution >= 4 is 27.3 Å². The van der Waals surface area contributed by atoms with Gasteiger partial charge in [-0.05, 0) is 48.4 Å². The Morgan fingerprint density at radius 1 is 1.12 bits per heavy atom. The van der Waals surface area contributed by atoms with Crippen molar-refractivity contribution in [3.63, 3.8) is 0 Å². The highest BCUT2D eigenvalue weighted by Crippen LogP contribution is 2.19. The van der Waals surface area contributed by atoms with Crippen LogP contribution < -0.4 is 9.62 Å². The summed E-state index contributed by atoms with van der Waals surface area (Å²) in [6.07, 6.45) is 2.03. The average Bonchev–Trinajstić information content (AvgIpc) is 2.62. The predicted molar refractivity (Wildman–Crippen MR) is 102 cm³/mol. The number of hydrogen-bond donors (Lipinski definition) is 1. The van der Waals surface area contributed by atoms with Crippen molar-refractivity contribution in [2.45, 2.75) is 19.8 Å². The van der Waals surface area contributed by atoms with Crippen LogP contribution in [0.25, 0.3) is 0 Å². The fraction of sp³-hybridized carbons (Fsp3) is 0.263. The Kier molecular flexibility index (Phi) is 6.36. The zero-order valence-corrected chi connectivity index (χ0v) is 15.6. The summed E-state index contributed by atoms with van der Waals surface area (Å²) < 4.78 is 25.3. The third-order valence-corrected chi connectivity index (χ3v) is 5.07. The van der Waals surface area contributed by atoms with Crippen molar-refractivity contribution in [2.24, 2.45) is 0 Å². The number of nitriles is 1. The van der Waals surface area contributed by atoms with E-state index in [1.807, 2.05) is 30.3 Å². The lowest BCUT2D eigenvalue weighted by Gasteiger charge is -2.22. The molecule has 0 aliphatic carbocycles. The van der Waals surface area contributed by atoms with Gasteiger partial charge in [0.2, 0.25) is 15.9 Å². The third-order valence-electron chi connectivity index (χ3n) is 3.87. The molecule has 0 radical (unpaired) electrons. The maximum absolute atomic E-state index is 12.2. The lowest BCUT2D eigenvalue weighted by molar-refractivity contribution is -0.116. The molecule has 1 N–H and O–H groups in total. The highest BCUT2D eigenvalue weighted by atomic mass is 32.2. The summed E-state index contributed by atoms with van der Waals surface area (Å²) in [6, 6.07) is 15.7. The fourth-order valence-electron chi connectivity index (χ4n) is 2.44. The number of rotatable bonds is 7. The number of anilines is 2. The van der Waals surface area contributed by atoms with E-state index in [1.165, 1.54) is 5.56 Å². The molecule has 0 aliphatic rings. The average molecular weight is 371 g/mol. The molecule has 0 spiro atoms. The molecule has 0 aromatic heterocycles. The Morgan fingerprint density at radius 3 is 2.23 bits per heavy atom. The van der Waals surface area contributed by atoms with E-state index >= 15 is 0 Å².